The molecule has 0 radical (unpaired) electrons. The minimum atomic E-state index is 0. The lowest BCUT2D eigenvalue weighted by Crippen LogP contribution is -2.45. The second kappa shape index (κ2) is 13.3. The van der Waals surface area contributed by atoms with Crippen LogP contribution in [0, 0.1) is 18.8 Å². The van der Waals surface area contributed by atoms with Gasteiger partial charge in [0.2, 0.25) is 0 Å². The monoisotopic (exact) mass is 506 g/mol. The van der Waals surface area contributed by atoms with Crippen LogP contribution in [0.15, 0.2) is 4.99 Å². The van der Waals surface area contributed by atoms with Crippen molar-refractivity contribution in [1.29, 1.82) is 0 Å². The van der Waals surface area contributed by atoms with Gasteiger partial charge in [0, 0.05) is 32.8 Å². The number of nitrogens with zero attached hydrogens (tertiary/aromatic N) is 4. The Hall–Kier alpha value is -0.900. The number of halogens is 1. The summed E-state index contributed by atoms with van der Waals surface area (Å²) in [6.45, 7) is 11.6. The van der Waals surface area contributed by atoms with Crippen LogP contribution in [0.5, 0.6) is 0 Å². The van der Waals surface area contributed by atoms with Crippen molar-refractivity contribution in [3.05, 3.63) is 11.6 Å². The molecule has 1 fully saturated rings. The van der Waals surface area contributed by atoms with Crippen LogP contribution in [0.2, 0.25) is 0 Å². The molecule has 1 aromatic rings. The number of guanidine groups is 1. The van der Waals surface area contributed by atoms with Crippen molar-refractivity contribution < 1.29 is 4.74 Å². The molecule has 0 amide bonds. The SMILES string of the molecule is CCOCCCNC(=NCc1nnc(C)n1C)NC1CCC(C(C)C)CC1.I. The number of aliphatic imine (C=N–C) groups is 1. The van der Waals surface area contributed by atoms with Gasteiger partial charge >= 0.3 is 0 Å². The van der Waals surface area contributed by atoms with Crippen molar-refractivity contribution in [1.82, 2.24) is 25.4 Å². The summed E-state index contributed by atoms with van der Waals surface area (Å²) in [7, 11) is 1.98. The number of aromatic nitrogens is 3. The first-order valence-corrected chi connectivity index (χ1v) is 10.5. The van der Waals surface area contributed by atoms with Crippen LogP contribution in [-0.2, 0) is 18.3 Å². The zero-order valence-corrected chi connectivity index (χ0v) is 20.5. The van der Waals surface area contributed by atoms with E-state index in [1.54, 1.807) is 0 Å². The van der Waals surface area contributed by atoms with Gasteiger partial charge in [-0.15, -0.1) is 34.2 Å². The van der Waals surface area contributed by atoms with Crippen LogP contribution < -0.4 is 10.6 Å². The molecule has 28 heavy (non-hydrogen) atoms. The fourth-order valence-corrected chi connectivity index (χ4v) is 3.54. The van der Waals surface area contributed by atoms with Crippen molar-refractivity contribution in [2.24, 2.45) is 23.9 Å². The first-order chi connectivity index (χ1) is 13.0. The smallest absolute Gasteiger partial charge is 0.191 e. The van der Waals surface area contributed by atoms with E-state index < -0.39 is 0 Å². The first kappa shape index (κ1) is 25.1. The molecule has 162 valence electrons. The first-order valence-electron chi connectivity index (χ1n) is 10.5. The van der Waals surface area contributed by atoms with Gasteiger partial charge in [0.05, 0.1) is 0 Å². The minimum Gasteiger partial charge on any atom is -0.382 e. The van der Waals surface area contributed by atoms with Crippen molar-refractivity contribution in [2.75, 3.05) is 19.8 Å². The number of aryl methyl sites for hydroxylation is 1. The van der Waals surface area contributed by atoms with Gasteiger partial charge in [0.15, 0.2) is 11.8 Å². The summed E-state index contributed by atoms with van der Waals surface area (Å²) >= 11 is 0. The maximum Gasteiger partial charge on any atom is 0.191 e. The molecule has 0 saturated heterocycles. The largest absolute Gasteiger partial charge is 0.382 e. The molecule has 1 aliphatic carbocycles. The van der Waals surface area contributed by atoms with Gasteiger partial charge in [-0.25, -0.2) is 4.99 Å². The highest BCUT2D eigenvalue weighted by Gasteiger charge is 2.23. The molecule has 0 spiro atoms. The molecule has 0 aromatic carbocycles. The molecule has 7 nitrogen and oxygen atoms in total. The molecular weight excluding hydrogens is 467 g/mol. The van der Waals surface area contributed by atoms with Crippen molar-refractivity contribution in [3.63, 3.8) is 0 Å². The summed E-state index contributed by atoms with van der Waals surface area (Å²) in [5, 5.41) is 15.4. The zero-order chi connectivity index (χ0) is 19.6. The van der Waals surface area contributed by atoms with Crippen LogP contribution >= 0.6 is 24.0 Å². The summed E-state index contributed by atoms with van der Waals surface area (Å²) in [5.41, 5.74) is 0. The molecule has 0 bridgehead atoms. The molecule has 0 aliphatic heterocycles. The molecule has 1 heterocycles. The highest BCUT2D eigenvalue weighted by molar-refractivity contribution is 14.0. The van der Waals surface area contributed by atoms with E-state index in [9.17, 15) is 0 Å². The predicted octanol–water partition coefficient (Wildman–Crippen LogP) is 3.42. The number of ether oxygens (including phenoxy) is 1. The van der Waals surface area contributed by atoms with E-state index in [-0.39, 0.29) is 24.0 Å². The lowest BCUT2D eigenvalue weighted by Gasteiger charge is -2.32. The maximum absolute atomic E-state index is 5.43. The third-order valence-corrected chi connectivity index (χ3v) is 5.58. The molecule has 0 unspecified atom stereocenters. The van der Waals surface area contributed by atoms with Gasteiger partial charge in [-0.3, -0.25) is 0 Å². The third-order valence-electron chi connectivity index (χ3n) is 5.58. The number of hydrogen-bond donors (Lipinski definition) is 2. The summed E-state index contributed by atoms with van der Waals surface area (Å²) in [6, 6.07) is 0.499. The van der Waals surface area contributed by atoms with Gasteiger partial charge in [0.25, 0.3) is 0 Å². The molecule has 1 aromatic heterocycles. The van der Waals surface area contributed by atoms with Gasteiger partial charge in [-0.2, -0.15) is 0 Å². The Labute approximate surface area is 187 Å². The van der Waals surface area contributed by atoms with E-state index in [4.69, 9.17) is 9.73 Å². The molecule has 1 aliphatic rings. The lowest BCUT2D eigenvalue weighted by atomic mass is 9.80. The van der Waals surface area contributed by atoms with E-state index in [0.29, 0.717) is 12.6 Å². The minimum absolute atomic E-state index is 0. The molecule has 8 heteroatoms. The second-order valence-electron chi connectivity index (χ2n) is 7.86. The van der Waals surface area contributed by atoms with Crippen LogP contribution in [0.1, 0.15) is 64.5 Å². The Morgan fingerprint density at radius 3 is 2.54 bits per heavy atom. The zero-order valence-electron chi connectivity index (χ0n) is 18.2. The van der Waals surface area contributed by atoms with E-state index >= 15 is 0 Å². The highest BCUT2D eigenvalue weighted by atomic mass is 127. The normalized spacial score (nSPS) is 20.1. The van der Waals surface area contributed by atoms with Gasteiger partial charge in [-0.05, 0) is 57.8 Å². The standard InChI is InChI=1S/C20H38N6O.HI/c1-6-27-13-7-12-21-20(22-14-19-25-24-16(4)26(19)5)23-18-10-8-17(9-11-18)15(2)3;/h15,17-18H,6-14H2,1-5H3,(H2,21,22,23);1H. The summed E-state index contributed by atoms with van der Waals surface area (Å²) in [4.78, 5) is 4.76. The summed E-state index contributed by atoms with van der Waals surface area (Å²) in [6.07, 6.45) is 6.00. The van der Waals surface area contributed by atoms with E-state index in [1.165, 1.54) is 25.7 Å². The Kier molecular flexibility index (Phi) is 12.0. The maximum atomic E-state index is 5.43. The quantitative estimate of drug-likeness (QED) is 0.232. The average molecular weight is 506 g/mol. The number of hydrogen-bond acceptors (Lipinski definition) is 4. The van der Waals surface area contributed by atoms with Gasteiger partial charge in [-0.1, -0.05) is 13.8 Å². The van der Waals surface area contributed by atoms with Crippen molar-refractivity contribution in [2.45, 2.75) is 72.4 Å². The fourth-order valence-electron chi connectivity index (χ4n) is 3.54. The average Bonchev–Trinajstić information content (AvgIpc) is 2.98. The Balaban J connectivity index is 0.00000392. The molecule has 2 N–H and O–H groups in total. The third kappa shape index (κ3) is 8.23. The fraction of sp³-hybridized carbons (Fsp3) is 0.850. The van der Waals surface area contributed by atoms with Crippen molar-refractivity contribution >= 4 is 29.9 Å². The summed E-state index contributed by atoms with van der Waals surface area (Å²) in [5.74, 6) is 4.32. The summed E-state index contributed by atoms with van der Waals surface area (Å²) < 4.78 is 7.42. The van der Waals surface area contributed by atoms with Gasteiger partial charge in [0.1, 0.15) is 12.4 Å². The lowest BCUT2D eigenvalue weighted by molar-refractivity contribution is 0.145. The second-order valence-corrected chi connectivity index (χ2v) is 7.86. The van der Waals surface area contributed by atoms with Crippen LogP contribution in [0.3, 0.4) is 0 Å². The Morgan fingerprint density at radius 1 is 1.25 bits per heavy atom. The van der Waals surface area contributed by atoms with Crippen LogP contribution in [0.25, 0.3) is 0 Å². The number of nitrogens with one attached hydrogen (secondary N) is 2. The Morgan fingerprint density at radius 2 is 1.96 bits per heavy atom. The molecular formula is C20H39IN6O. The van der Waals surface area contributed by atoms with Crippen LogP contribution in [-0.4, -0.2) is 46.5 Å². The van der Waals surface area contributed by atoms with E-state index in [0.717, 1.165) is 55.6 Å². The van der Waals surface area contributed by atoms with Crippen LogP contribution in [0.4, 0.5) is 0 Å². The highest BCUT2D eigenvalue weighted by Crippen LogP contribution is 2.29. The van der Waals surface area contributed by atoms with Crippen molar-refractivity contribution in [3.8, 4) is 0 Å². The van der Waals surface area contributed by atoms with E-state index in [2.05, 4.69) is 34.7 Å². The molecule has 1 saturated carbocycles. The predicted molar refractivity (Wildman–Crippen MR) is 125 cm³/mol. The Bertz CT molecular complexity index is 581. The topological polar surface area (TPSA) is 76.4 Å². The number of rotatable bonds is 9. The van der Waals surface area contributed by atoms with Gasteiger partial charge < -0.3 is 19.9 Å². The van der Waals surface area contributed by atoms with E-state index in [1.807, 2.05) is 25.5 Å². The molecule has 0 atom stereocenters. The molecule has 2 rings (SSSR count).